The quantitative estimate of drug-likeness (QED) is 0.891. The summed E-state index contributed by atoms with van der Waals surface area (Å²) in [6.07, 6.45) is 3.24. The van der Waals surface area contributed by atoms with E-state index in [-0.39, 0.29) is 11.9 Å². The number of rotatable bonds is 3. The molecule has 0 spiro atoms. The van der Waals surface area contributed by atoms with Crippen molar-refractivity contribution in [1.82, 2.24) is 4.98 Å². The summed E-state index contributed by atoms with van der Waals surface area (Å²) in [7, 11) is 0. The molecule has 0 aliphatic rings. The molecular formula is C14H14ClFN2. The van der Waals surface area contributed by atoms with Crippen LogP contribution in [-0.2, 0) is 0 Å². The monoisotopic (exact) mass is 264 g/mol. The van der Waals surface area contributed by atoms with Crippen LogP contribution in [0.2, 0.25) is 5.02 Å². The summed E-state index contributed by atoms with van der Waals surface area (Å²) in [6, 6.07) is 6.99. The van der Waals surface area contributed by atoms with E-state index in [2.05, 4.69) is 10.3 Å². The minimum atomic E-state index is -0.193. The molecule has 0 aliphatic heterocycles. The maximum atomic E-state index is 13.5. The Morgan fingerprint density at radius 3 is 2.78 bits per heavy atom. The molecule has 1 aromatic carbocycles. The molecular weight excluding hydrogens is 251 g/mol. The number of pyridine rings is 1. The summed E-state index contributed by atoms with van der Waals surface area (Å²) >= 11 is 6.01. The van der Waals surface area contributed by atoms with Gasteiger partial charge in [0.1, 0.15) is 5.82 Å². The minimum absolute atomic E-state index is 0.0278. The second-order valence-corrected chi connectivity index (χ2v) is 4.64. The number of benzene rings is 1. The van der Waals surface area contributed by atoms with Crippen molar-refractivity contribution in [3.8, 4) is 0 Å². The first-order chi connectivity index (χ1) is 8.58. The van der Waals surface area contributed by atoms with E-state index in [1.165, 1.54) is 0 Å². The number of hydrogen-bond donors (Lipinski definition) is 1. The van der Waals surface area contributed by atoms with Crippen LogP contribution in [0.3, 0.4) is 0 Å². The topological polar surface area (TPSA) is 24.9 Å². The van der Waals surface area contributed by atoms with Crippen LogP contribution in [0.15, 0.2) is 36.7 Å². The zero-order valence-electron chi connectivity index (χ0n) is 10.2. The van der Waals surface area contributed by atoms with E-state index in [9.17, 15) is 4.39 Å². The van der Waals surface area contributed by atoms with Crippen LogP contribution in [0.25, 0.3) is 0 Å². The van der Waals surface area contributed by atoms with Gasteiger partial charge in [0.2, 0.25) is 0 Å². The lowest BCUT2D eigenvalue weighted by molar-refractivity contribution is 0.614. The molecule has 0 bridgehead atoms. The Labute approximate surface area is 111 Å². The molecule has 0 amide bonds. The Hall–Kier alpha value is -1.61. The molecule has 0 radical (unpaired) electrons. The number of hydrogen-bond acceptors (Lipinski definition) is 2. The first-order valence-corrected chi connectivity index (χ1v) is 6.08. The summed E-state index contributed by atoms with van der Waals surface area (Å²) in [6.45, 7) is 3.71. The number of nitrogens with one attached hydrogen (secondary N) is 1. The fourth-order valence-corrected chi connectivity index (χ4v) is 1.86. The van der Waals surface area contributed by atoms with E-state index in [0.717, 1.165) is 11.3 Å². The average molecular weight is 265 g/mol. The van der Waals surface area contributed by atoms with Crippen molar-refractivity contribution in [3.63, 3.8) is 0 Å². The van der Waals surface area contributed by atoms with Gasteiger partial charge in [0.05, 0.1) is 10.7 Å². The van der Waals surface area contributed by atoms with E-state index in [0.29, 0.717) is 10.6 Å². The Kier molecular flexibility index (Phi) is 3.82. The summed E-state index contributed by atoms with van der Waals surface area (Å²) in [5.74, 6) is -0.193. The van der Waals surface area contributed by atoms with E-state index in [1.54, 1.807) is 37.5 Å². The molecule has 0 fully saturated rings. The largest absolute Gasteiger partial charge is 0.377 e. The van der Waals surface area contributed by atoms with Gasteiger partial charge in [0.15, 0.2) is 0 Å². The van der Waals surface area contributed by atoms with Gasteiger partial charge in [-0.1, -0.05) is 23.7 Å². The predicted octanol–water partition coefficient (Wildman–Crippen LogP) is 4.36. The molecule has 1 unspecified atom stereocenters. The molecule has 1 heterocycles. The van der Waals surface area contributed by atoms with Gasteiger partial charge in [-0.3, -0.25) is 4.98 Å². The van der Waals surface area contributed by atoms with Crippen molar-refractivity contribution in [2.75, 3.05) is 5.32 Å². The number of aryl methyl sites for hydroxylation is 1. The van der Waals surface area contributed by atoms with Gasteiger partial charge < -0.3 is 5.32 Å². The molecule has 0 aliphatic carbocycles. The van der Waals surface area contributed by atoms with E-state index in [4.69, 9.17) is 11.6 Å². The maximum absolute atomic E-state index is 13.5. The van der Waals surface area contributed by atoms with Crippen molar-refractivity contribution in [1.29, 1.82) is 0 Å². The lowest BCUT2D eigenvalue weighted by atomic mass is 10.1. The maximum Gasteiger partial charge on any atom is 0.126 e. The lowest BCUT2D eigenvalue weighted by Crippen LogP contribution is -2.07. The average Bonchev–Trinajstić information content (AvgIpc) is 2.35. The van der Waals surface area contributed by atoms with Crippen LogP contribution < -0.4 is 5.32 Å². The Morgan fingerprint density at radius 2 is 2.11 bits per heavy atom. The van der Waals surface area contributed by atoms with Crippen LogP contribution in [0.1, 0.15) is 24.1 Å². The predicted molar refractivity (Wildman–Crippen MR) is 72.4 cm³/mol. The van der Waals surface area contributed by atoms with Crippen molar-refractivity contribution < 1.29 is 4.39 Å². The van der Waals surface area contributed by atoms with E-state index in [1.807, 2.05) is 13.0 Å². The van der Waals surface area contributed by atoms with Crippen LogP contribution in [0.4, 0.5) is 10.1 Å². The Bertz CT molecular complexity index is 557. The van der Waals surface area contributed by atoms with Crippen molar-refractivity contribution >= 4 is 17.3 Å². The first-order valence-electron chi connectivity index (χ1n) is 5.70. The molecule has 2 nitrogen and oxygen atoms in total. The highest BCUT2D eigenvalue weighted by molar-refractivity contribution is 6.33. The Morgan fingerprint density at radius 1 is 1.33 bits per heavy atom. The fourth-order valence-electron chi connectivity index (χ4n) is 1.69. The summed E-state index contributed by atoms with van der Waals surface area (Å²) in [5, 5.41) is 3.79. The first kappa shape index (κ1) is 12.8. The highest BCUT2D eigenvalue weighted by atomic mass is 35.5. The van der Waals surface area contributed by atoms with Crippen molar-refractivity contribution in [2.45, 2.75) is 19.9 Å². The molecule has 1 aromatic heterocycles. The molecule has 2 rings (SSSR count). The van der Waals surface area contributed by atoms with E-state index < -0.39 is 0 Å². The standard InChI is InChI=1S/C14H14ClFN2/c1-9-3-4-11(7-13(9)16)10(2)18-14-5-6-17-8-12(14)15/h3-8,10H,1-2H3,(H,17,18). The Balaban J connectivity index is 2.19. The van der Waals surface area contributed by atoms with Crippen molar-refractivity contribution in [3.05, 3.63) is 58.6 Å². The van der Waals surface area contributed by atoms with Crippen LogP contribution in [0.5, 0.6) is 0 Å². The molecule has 0 saturated carbocycles. The third-order valence-corrected chi connectivity index (χ3v) is 3.14. The van der Waals surface area contributed by atoms with Gasteiger partial charge in [-0.2, -0.15) is 0 Å². The fraction of sp³-hybridized carbons (Fsp3) is 0.214. The molecule has 1 atom stereocenters. The number of aromatic nitrogens is 1. The smallest absolute Gasteiger partial charge is 0.126 e. The minimum Gasteiger partial charge on any atom is -0.377 e. The summed E-state index contributed by atoms with van der Waals surface area (Å²) < 4.78 is 13.5. The number of halogens is 2. The lowest BCUT2D eigenvalue weighted by Gasteiger charge is -2.17. The van der Waals surface area contributed by atoms with Gasteiger partial charge in [0, 0.05) is 18.4 Å². The van der Waals surface area contributed by atoms with E-state index >= 15 is 0 Å². The number of nitrogens with zero attached hydrogens (tertiary/aromatic N) is 1. The normalized spacial score (nSPS) is 12.2. The molecule has 1 N–H and O–H groups in total. The molecule has 2 aromatic rings. The van der Waals surface area contributed by atoms with Crippen LogP contribution >= 0.6 is 11.6 Å². The second-order valence-electron chi connectivity index (χ2n) is 4.23. The second kappa shape index (κ2) is 5.36. The van der Waals surface area contributed by atoms with Crippen LogP contribution in [0, 0.1) is 12.7 Å². The van der Waals surface area contributed by atoms with Gasteiger partial charge in [-0.25, -0.2) is 4.39 Å². The SMILES string of the molecule is Cc1ccc(C(C)Nc2ccncc2Cl)cc1F. The van der Waals surface area contributed by atoms with Crippen molar-refractivity contribution in [2.24, 2.45) is 0 Å². The third kappa shape index (κ3) is 2.79. The summed E-state index contributed by atoms with van der Waals surface area (Å²) in [4.78, 5) is 3.92. The number of anilines is 1. The highest BCUT2D eigenvalue weighted by Crippen LogP contribution is 2.25. The molecule has 4 heteroatoms. The summed E-state index contributed by atoms with van der Waals surface area (Å²) in [5.41, 5.74) is 2.32. The third-order valence-electron chi connectivity index (χ3n) is 2.84. The van der Waals surface area contributed by atoms with Crippen LogP contribution in [-0.4, -0.2) is 4.98 Å². The molecule has 0 saturated heterocycles. The highest BCUT2D eigenvalue weighted by Gasteiger charge is 2.09. The van der Waals surface area contributed by atoms with Gasteiger partial charge in [-0.15, -0.1) is 0 Å². The molecule has 18 heavy (non-hydrogen) atoms. The molecule has 94 valence electrons. The van der Waals surface area contributed by atoms with Gasteiger partial charge in [-0.05, 0) is 37.1 Å². The zero-order chi connectivity index (χ0) is 13.1. The van der Waals surface area contributed by atoms with Gasteiger partial charge >= 0.3 is 0 Å². The zero-order valence-corrected chi connectivity index (χ0v) is 11.0. The van der Waals surface area contributed by atoms with Gasteiger partial charge in [0.25, 0.3) is 0 Å².